The molecule has 1 aromatic rings. The first kappa shape index (κ1) is 21.6. The average Bonchev–Trinajstić information content (AvgIpc) is 2.86. The Morgan fingerprint density at radius 2 is 2.17 bits per heavy atom. The number of sulfonamides is 1. The number of thiazole rings is 1. The van der Waals surface area contributed by atoms with E-state index in [0.29, 0.717) is 31.5 Å². The molecule has 1 aliphatic carbocycles. The van der Waals surface area contributed by atoms with Crippen LogP contribution in [0.4, 0.5) is 0 Å². The average molecular weight is 487 g/mol. The number of nitrogens with one attached hydrogen (secondary N) is 3. The molecule has 1 heterocycles. The largest absolute Gasteiger partial charge is 0.355 e. The van der Waals surface area contributed by atoms with Gasteiger partial charge in [-0.05, 0) is 25.7 Å². The van der Waals surface area contributed by atoms with Gasteiger partial charge in [0.05, 0.1) is 12.3 Å². The molecule has 0 atom stereocenters. The van der Waals surface area contributed by atoms with Crippen LogP contribution in [-0.4, -0.2) is 45.3 Å². The van der Waals surface area contributed by atoms with Gasteiger partial charge in [0.1, 0.15) is 5.01 Å². The quantitative estimate of drug-likeness (QED) is 0.293. The molecule has 3 N–H and O–H groups in total. The lowest BCUT2D eigenvalue weighted by Gasteiger charge is -2.25. The summed E-state index contributed by atoms with van der Waals surface area (Å²) in [6.45, 7) is 3.47. The van der Waals surface area contributed by atoms with Gasteiger partial charge in [-0.2, -0.15) is 0 Å². The Bertz CT molecular complexity index is 629. The van der Waals surface area contributed by atoms with E-state index < -0.39 is 10.0 Å². The van der Waals surface area contributed by atoms with Gasteiger partial charge in [0, 0.05) is 31.2 Å². The number of halogens is 1. The monoisotopic (exact) mass is 487 g/mol. The number of rotatable bonds is 8. The summed E-state index contributed by atoms with van der Waals surface area (Å²) in [5.41, 5.74) is 0. The van der Waals surface area contributed by atoms with Crippen LogP contribution in [0.15, 0.2) is 11.2 Å². The van der Waals surface area contributed by atoms with Gasteiger partial charge in [0.2, 0.25) is 10.0 Å². The van der Waals surface area contributed by atoms with E-state index in [2.05, 4.69) is 25.3 Å². The predicted molar refractivity (Wildman–Crippen MR) is 110 cm³/mol. The summed E-state index contributed by atoms with van der Waals surface area (Å²) >= 11 is 1.62. The highest BCUT2D eigenvalue weighted by Gasteiger charge is 2.20. The Kier molecular flexibility index (Phi) is 9.45. The summed E-state index contributed by atoms with van der Waals surface area (Å²) in [4.78, 5) is 9.51. The van der Waals surface area contributed by atoms with E-state index in [9.17, 15) is 8.42 Å². The first-order valence-electron chi connectivity index (χ1n) is 7.81. The molecule has 10 heteroatoms. The highest BCUT2D eigenvalue weighted by molar-refractivity contribution is 14.0. The molecule has 1 aromatic heterocycles. The minimum absolute atomic E-state index is 0. The number of aromatic nitrogens is 1. The normalized spacial score (nSPS) is 15.5. The third-order valence-corrected chi connectivity index (χ3v) is 6.04. The van der Waals surface area contributed by atoms with Gasteiger partial charge in [0.15, 0.2) is 5.96 Å². The van der Waals surface area contributed by atoms with Crippen LogP contribution in [0.1, 0.15) is 29.1 Å². The number of hydrogen-bond acceptors (Lipinski definition) is 5. The second-order valence-corrected chi connectivity index (χ2v) is 8.93. The topological polar surface area (TPSA) is 95.5 Å². The summed E-state index contributed by atoms with van der Waals surface area (Å²) in [5.74, 6) is 1.14. The van der Waals surface area contributed by atoms with Gasteiger partial charge < -0.3 is 10.6 Å². The van der Waals surface area contributed by atoms with Crippen LogP contribution in [0.5, 0.6) is 0 Å². The molecule has 2 rings (SSSR count). The maximum absolute atomic E-state index is 11.9. The molecule has 0 bridgehead atoms. The lowest BCUT2D eigenvalue weighted by molar-refractivity contribution is 0.316. The minimum Gasteiger partial charge on any atom is -0.355 e. The molecule has 0 amide bonds. The maximum Gasteiger partial charge on any atom is 0.213 e. The van der Waals surface area contributed by atoms with E-state index in [1.807, 2.05) is 13.1 Å². The van der Waals surface area contributed by atoms with Crippen molar-refractivity contribution >= 4 is 51.3 Å². The third kappa shape index (κ3) is 7.62. The highest BCUT2D eigenvalue weighted by atomic mass is 127. The number of hydrogen-bond donors (Lipinski definition) is 3. The third-order valence-electron chi connectivity index (χ3n) is 3.78. The first-order valence-corrected chi connectivity index (χ1v) is 10.3. The lowest BCUT2D eigenvalue weighted by atomic mass is 9.86. The fourth-order valence-corrected chi connectivity index (χ4v) is 3.91. The van der Waals surface area contributed by atoms with Crippen LogP contribution < -0.4 is 15.4 Å². The van der Waals surface area contributed by atoms with E-state index in [-0.39, 0.29) is 29.7 Å². The Balaban J connectivity index is 0.00000288. The van der Waals surface area contributed by atoms with Crippen molar-refractivity contribution in [1.82, 2.24) is 20.3 Å². The summed E-state index contributed by atoms with van der Waals surface area (Å²) < 4.78 is 26.5. The fraction of sp³-hybridized carbons (Fsp3) is 0.714. The molecule has 1 fully saturated rings. The molecule has 1 aliphatic rings. The van der Waals surface area contributed by atoms with Gasteiger partial charge in [0.25, 0.3) is 0 Å². The number of aryl methyl sites for hydroxylation is 1. The van der Waals surface area contributed by atoms with Gasteiger partial charge in [-0.25, -0.2) is 18.1 Å². The molecule has 1 saturated carbocycles. The summed E-state index contributed by atoms with van der Waals surface area (Å²) in [7, 11) is -1.57. The lowest BCUT2D eigenvalue weighted by Crippen LogP contribution is -2.41. The van der Waals surface area contributed by atoms with Crippen LogP contribution in [0.2, 0.25) is 0 Å². The smallest absolute Gasteiger partial charge is 0.213 e. The van der Waals surface area contributed by atoms with E-state index in [1.165, 1.54) is 6.42 Å². The van der Waals surface area contributed by atoms with Crippen molar-refractivity contribution < 1.29 is 8.42 Å². The number of nitrogens with zero attached hydrogens (tertiary/aromatic N) is 2. The molecular weight excluding hydrogens is 461 g/mol. The van der Waals surface area contributed by atoms with Crippen LogP contribution >= 0.6 is 35.3 Å². The van der Waals surface area contributed by atoms with E-state index in [4.69, 9.17) is 0 Å². The molecule has 0 aromatic carbocycles. The van der Waals surface area contributed by atoms with Gasteiger partial charge in [-0.15, -0.1) is 35.3 Å². The zero-order valence-electron chi connectivity index (χ0n) is 14.0. The van der Waals surface area contributed by atoms with Crippen molar-refractivity contribution in [2.24, 2.45) is 10.9 Å². The molecule has 0 spiro atoms. The Morgan fingerprint density at radius 1 is 1.42 bits per heavy atom. The van der Waals surface area contributed by atoms with Crippen LogP contribution in [0.25, 0.3) is 0 Å². The van der Waals surface area contributed by atoms with Gasteiger partial charge >= 0.3 is 0 Å². The summed E-state index contributed by atoms with van der Waals surface area (Å²) in [6, 6.07) is 0. The van der Waals surface area contributed by atoms with Crippen LogP contribution in [0, 0.1) is 12.8 Å². The van der Waals surface area contributed by atoms with E-state index >= 15 is 0 Å². The van der Waals surface area contributed by atoms with Crippen molar-refractivity contribution in [1.29, 1.82) is 0 Å². The molecule has 24 heavy (non-hydrogen) atoms. The molecular formula is C14H26IN5O2S2. The molecule has 0 aliphatic heterocycles. The van der Waals surface area contributed by atoms with Crippen molar-refractivity contribution in [3.8, 4) is 0 Å². The van der Waals surface area contributed by atoms with Crippen LogP contribution in [0.3, 0.4) is 0 Å². The maximum atomic E-state index is 11.9. The second-order valence-electron chi connectivity index (χ2n) is 5.68. The second kappa shape index (κ2) is 10.5. The Morgan fingerprint density at radius 3 is 2.71 bits per heavy atom. The van der Waals surface area contributed by atoms with Crippen molar-refractivity contribution in [3.63, 3.8) is 0 Å². The van der Waals surface area contributed by atoms with Gasteiger partial charge in [-0.1, -0.05) is 6.42 Å². The highest BCUT2D eigenvalue weighted by Crippen LogP contribution is 2.25. The van der Waals surface area contributed by atoms with Crippen LogP contribution in [-0.2, 0) is 16.6 Å². The molecule has 7 nitrogen and oxygen atoms in total. The number of guanidine groups is 1. The van der Waals surface area contributed by atoms with E-state index in [1.54, 1.807) is 18.4 Å². The fourth-order valence-electron chi connectivity index (χ4n) is 2.18. The van der Waals surface area contributed by atoms with Gasteiger partial charge in [-0.3, -0.25) is 4.99 Å². The summed E-state index contributed by atoms with van der Waals surface area (Å²) in [6.07, 6.45) is 5.31. The minimum atomic E-state index is -3.23. The predicted octanol–water partition coefficient (Wildman–Crippen LogP) is 1.45. The standard InChI is InChI=1S/C14H25N5O2S2.HI/c1-11-8-17-13(22-11)10-18-14(15-2)16-6-7-23(20,21)19-9-12-4-3-5-12;/h8,12,19H,3-7,9-10H2,1-2H3,(H2,15,16,18);1H. The van der Waals surface area contributed by atoms with Crippen molar-refractivity contribution in [2.45, 2.75) is 32.7 Å². The molecule has 0 radical (unpaired) electrons. The SMILES string of the molecule is CN=C(NCCS(=O)(=O)NCC1CCC1)NCc1ncc(C)s1.I. The number of aliphatic imine (C=N–C) groups is 1. The Labute approximate surface area is 165 Å². The summed E-state index contributed by atoms with van der Waals surface area (Å²) in [5, 5.41) is 7.11. The first-order chi connectivity index (χ1) is 11.0. The zero-order chi connectivity index (χ0) is 16.7. The van der Waals surface area contributed by atoms with E-state index in [0.717, 1.165) is 22.7 Å². The van der Waals surface area contributed by atoms with Crippen molar-refractivity contribution in [2.75, 3.05) is 25.9 Å². The van der Waals surface area contributed by atoms with Crippen molar-refractivity contribution in [3.05, 3.63) is 16.1 Å². The molecule has 0 saturated heterocycles. The molecule has 138 valence electrons. The Hall–Kier alpha value is -0.460. The molecule has 0 unspecified atom stereocenters. The zero-order valence-corrected chi connectivity index (χ0v) is 18.0.